The highest BCUT2D eigenvalue weighted by Crippen LogP contribution is 2.47. The van der Waals surface area contributed by atoms with E-state index < -0.39 is 21.2 Å². The lowest BCUT2D eigenvalue weighted by Crippen LogP contribution is -2.26. The second-order valence-corrected chi connectivity index (χ2v) is 17.3. The molecule has 0 saturated heterocycles. The molecule has 0 heterocycles. The largest absolute Gasteiger partial charge is 0.756 e. The van der Waals surface area contributed by atoms with Gasteiger partial charge in [-0.05, 0) is 6.42 Å². The van der Waals surface area contributed by atoms with Crippen molar-refractivity contribution in [2.45, 2.75) is 116 Å². The molecule has 35 heavy (non-hydrogen) atoms. The quantitative estimate of drug-likeness (QED) is 0.0785. The van der Waals surface area contributed by atoms with Gasteiger partial charge in [-0.15, -0.1) is 0 Å². The van der Waals surface area contributed by atoms with Gasteiger partial charge in [0.05, 0.1) is 26.0 Å². The third-order valence-corrected chi connectivity index (χ3v) is 8.70. The second-order valence-electron chi connectivity index (χ2n) is 10.8. The monoisotopic (exact) mass is 540 g/mol. The maximum absolute atomic E-state index is 11.9. The molecule has 0 aromatic carbocycles. The van der Waals surface area contributed by atoms with E-state index in [0.29, 0.717) is 13.2 Å². The van der Waals surface area contributed by atoms with Crippen molar-refractivity contribution >= 4 is 15.1 Å². The van der Waals surface area contributed by atoms with E-state index in [9.17, 15) is 9.46 Å². The van der Waals surface area contributed by atoms with Gasteiger partial charge in [0.25, 0.3) is 7.82 Å². The first-order valence-corrected chi connectivity index (χ1v) is 19.0. The van der Waals surface area contributed by atoms with Crippen molar-refractivity contribution in [1.82, 2.24) is 0 Å². The van der Waals surface area contributed by atoms with Gasteiger partial charge in [0.2, 0.25) is 0 Å². The predicted octanol–water partition coefficient (Wildman–Crippen LogP) is 7.69. The number of ether oxygens (including phenoxy) is 2. The van der Waals surface area contributed by atoms with E-state index in [1.54, 1.807) is 0 Å². The molecule has 0 fully saturated rings. The summed E-state index contributed by atoms with van der Waals surface area (Å²) < 4.78 is 32.7. The van der Waals surface area contributed by atoms with E-state index in [4.69, 9.17) is 18.5 Å². The molecule has 2 unspecified atom stereocenters. The normalized spacial score (nSPS) is 14.8. The van der Waals surface area contributed by atoms with Crippen LogP contribution in [0.25, 0.3) is 0 Å². The van der Waals surface area contributed by atoms with E-state index in [0.717, 1.165) is 12.6 Å². The molecule has 0 rings (SSSR count). The first-order chi connectivity index (χ1) is 16.7. The lowest BCUT2D eigenvalue weighted by molar-refractivity contribution is -0.227. The first-order valence-electron chi connectivity index (χ1n) is 14.2. The van der Waals surface area contributed by atoms with Gasteiger partial charge >= 0.3 is 0 Å². The molecule has 0 bridgehead atoms. The Morgan fingerprint density at radius 3 is 1.57 bits per heavy atom. The fraction of sp³-hybridized carbons (Fsp3) is 1.00. The first kappa shape index (κ1) is 35.5. The van der Waals surface area contributed by atoms with Gasteiger partial charge in [-0.2, -0.15) is 0 Å². The minimum atomic E-state index is -4.29. The summed E-state index contributed by atoms with van der Waals surface area (Å²) in [5, 5.41) is 0. The Morgan fingerprint density at radius 1 is 0.686 bits per heavy atom. The molecule has 0 aromatic rings. The third kappa shape index (κ3) is 27.3. The molecule has 0 aromatic heterocycles. The van der Waals surface area contributed by atoms with Gasteiger partial charge in [-0.25, -0.2) is 0 Å². The Kier molecular flexibility index (Phi) is 23.9. The summed E-state index contributed by atoms with van der Waals surface area (Å²) in [4.78, 5) is 11.9. The zero-order valence-electron chi connectivity index (χ0n) is 23.8. The Labute approximate surface area is 218 Å². The van der Waals surface area contributed by atoms with Crippen LogP contribution in [0.5, 0.6) is 0 Å². The molecule has 212 valence electrons. The molecule has 0 aliphatic carbocycles. The number of hydrogen-bond donors (Lipinski definition) is 0. The van der Waals surface area contributed by atoms with E-state index in [-0.39, 0.29) is 13.2 Å². The summed E-state index contributed by atoms with van der Waals surface area (Å²) >= 11 is 0. The van der Waals surface area contributed by atoms with E-state index in [2.05, 4.69) is 26.9 Å². The van der Waals surface area contributed by atoms with Crippen LogP contribution in [0.1, 0.15) is 110 Å². The second kappa shape index (κ2) is 23.6. The highest BCUT2D eigenvalue weighted by Gasteiger charge is 2.20. The van der Waals surface area contributed by atoms with Crippen LogP contribution in [0.15, 0.2) is 0 Å². The summed E-state index contributed by atoms with van der Waals surface area (Å²) in [5.74, 6) is 0. The number of rotatable bonds is 27. The summed E-state index contributed by atoms with van der Waals surface area (Å²) in [5.41, 5.74) is 0. The molecule has 2 atom stereocenters. The summed E-state index contributed by atoms with van der Waals surface area (Å²) in [6.07, 6.45) is 21.9. The van der Waals surface area contributed by atoms with Crippen molar-refractivity contribution < 1.29 is 28.0 Å². The van der Waals surface area contributed by atoms with Crippen LogP contribution in [-0.4, -0.2) is 65.8 Å². The molecule has 6 nitrogen and oxygen atoms in total. The zero-order valence-corrected chi connectivity index (χ0v) is 25.6. The Hall–Kier alpha value is 0.460. The predicted molar refractivity (Wildman–Crippen MR) is 150 cm³/mol. The molecule has 0 amide bonds. The highest BCUT2D eigenvalue weighted by molar-refractivity contribution is 7.73. The number of phosphoric acid groups is 1. The van der Waals surface area contributed by atoms with Crippen LogP contribution >= 0.6 is 15.1 Å². The molecule has 0 N–H and O–H groups in total. The van der Waals surface area contributed by atoms with Gasteiger partial charge in [0.1, 0.15) is 6.10 Å². The average molecular weight is 541 g/mol. The van der Waals surface area contributed by atoms with Crippen molar-refractivity contribution in [3.05, 3.63) is 0 Å². The fourth-order valence-corrected chi connectivity index (χ4v) is 5.31. The van der Waals surface area contributed by atoms with Crippen LogP contribution in [0.2, 0.25) is 0 Å². The molecule has 8 heteroatoms. The van der Waals surface area contributed by atoms with Crippen molar-refractivity contribution in [2.75, 3.05) is 59.7 Å². The number of unbranched alkanes of at least 4 members (excludes halogenated alkanes) is 15. The third-order valence-electron chi connectivity index (χ3n) is 6.21. The Balaban J connectivity index is 3.49. The lowest BCUT2D eigenvalue weighted by atomic mass is 10.0. The van der Waals surface area contributed by atoms with Crippen molar-refractivity contribution in [2.24, 2.45) is 0 Å². The van der Waals surface area contributed by atoms with E-state index in [1.807, 2.05) is 0 Å². The molecule has 0 radical (unpaired) electrons. The summed E-state index contributed by atoms with van der Waals surface area (Å²) in [6, 6.07) is 0. The van der Waals surface area contributed by atoms with E-state index >= 15 is 0 Å². The molecule has 0 aliphatic heterocycles. The van der Waals surface area contributed by atoms with Crippen molar-refractivity contribution in [3.8, 4) is 0 Å². The highest BCUT2D eigenvalue weighted by atomic mass is 31.2. The fourth-order valence-electron chi connectivity index (χ4n) is 3.79. The molecular formula is C27H58O6P2. The van der Waals surface area contributed by atoms with E-state index in [1.165, 1.54) is 103 Å². The summed E-state index contributed by atoms with van der Waals surface area (Å²) in [7, 11) is -3.83. The van der Waals surface area contributed by atoms with Gasteiger partial charge < -0.3 is 23.4 Å². The Morgan fingerprint density at radius 2 is 1.14 bits per heavy atom. The lowest BCUT2D eigenvalue weighted by Gasteiger charge is -2.25. The Bertz CT molecular complexity index is 499. The number of methoxy groups -OCH3 is 1. The minimum Gasteiger partial charge on any atom is -0.756 e. The maximum atomic E-state index is 11.9. The minimum absolute atomic E-state index is 0.0824. The van der Waals surface area contributed by atoms with Crippen LogP contribution < -0.4 is 4.89 Å². The van der Waals surface area contributed by atoms with Crippen LogP contribution in [0.4, 0.5) is 0 Å². The molecular weight excluding hydrogens is 482 g/mol. The van der Waals surface area contributed by atoms with Crippen LogP contribution in [0.3, 0.4) is 0 Å². The molecule has 0 saturated carbocycles. The van der Waals surface area contributed by atoms with Gasteiger partial charge in [0.15, 0.2) is 0 Å². The van der Waals surface area contributed by atoms with Crippen LogP contribution in [-0.2, 0) is 23.1 Å². The van der Waals surface area contributed by atoms with Gasteiger partial charge in [-0.3, -0.25) is 4.57 Å². The SMILES string of the molecule is CCCCCCCCCCCCCCCCCCOCC(COP(=O)([O-])OCC[P+](C)(C)C)OC. The standard InChI is InChI=1S/C27H58O6P2/c1-6-7-8-9-10-11-12-13-14-15-16-17-18-19-20-21-22-31-25-27(30-2)26-33-35(28,29)32-23-24-34(3,4)5/h27H,6-26H2,1-5H3. The average Bonchev–Trinajstić information content (AvgIpc) is 2.79. The maximum Gasteiger partial charge on any atom is 0.268 e. The smallest absolute Gasteiger partial charge is 0.268 e. The van der Waals surface area contributed by atoms with Crippen molar-refractivity contribution in [1.29, 1.82) is 0 Å². The van der Waals surface area contributed by atoms with Gasteiger partial charge in [-0.1, -0.05) is 103 Å². The van der Waals surface area contributed by atoms with Crippen LogP contribution in [0, 0.1) is 0 Å². The number of phosphoric ester groups is 1. The van der Waals surface area contributed by atoms with Gasteiger partial charge in [0, 0.05) is 41.0 Å². The molecule has 0 spiro atoms. The zero-order chi connectivity index (χ0) is 26.3. The van der Waals surface area contributed by atoms with Crippen molar-refractivity contribution in [3.63, 3.8) is 0 Å². The number of hydrogen-bond acceptors (Lipinski definition) is 6. The topological polar surface area (TPSA) is 77.1 Å². The summed E-state index contributed by atoms with van der Waals surface area (Å²) in [6.45, 7) is 9.78. The molecule has 0 aliphatic rings.